The summed E-state index contributed by atoms with van der Waals surface area (Å²) in [5.41, 5.74) is 5.78. The monoisotopic (exact) mass is 497 g/mol. The number of anilines is 2. The summed E-state index contributed by atoms with van der Waals surface area (Å²) in [6.07, 6.45) is 1.80. The van der Waals surface area contributed by atoms with Gasteiger partial charge in [-0.2, -0.15) is 0 Å². The van der Waals surface area contributed by atoms with Crippen LogP contribution in [0.2, 0.25) is 0 Å². The molecule has 1 fully saturated rings. The van der Waals surface area contributed by atoms with E-state index in [9.17, 15) is 4.79 Å². The van der Waals surface area contributed by atoms with E-state index in [1.54, 1.807) is 13.3 Å². The molecule has 182 valence electrons. The van der Waals surface area contributed by atoms with E-state index < -0.39 is 0 Å². The van der Waals surface area contributed by atoms with Crippen LogP contribution < -0.4 is 20.3 Å². The van der Waals surface area contributed by atoms with Crippen molar-refractivity contribution in [2.24, 2.45) is 0 Å². The molecule has 36 heavy (non-hydrogen) atoms. The first-order valence-corrected chi connectivity index (χ1v) is 12.1. The highest BCUT2D eigenvalue weighted by Gasteiger charge is 2.42. The number of ether oxygens (including phenoxy) is 1. The fourth-order valence-electron chi connectivity index (χ4n) is 4.72. The first-order valence-electron chi connectivity index (χ1n) is 11.7. The Morgan fingerprint density at radius 2 is 1.72 bits per heavy atom. The number of methoxy groups -OCH3 is 1. The number of rotatable bonds is 6. The Labute approximate surface area is 215 Å². The van der Waals surface area contributed by atoms with Gasteiger partial charge >= 0.3 is 0 Å². The van der Waals surface area contributed by atoms with Gasteiger partial charge in [0.15, 0.2) is 5.11 Å². The second-order valence-electron chi connectivity index (χ2n) is 8.66. The van der Waals surface area contributed by atoms with E-state index in [1.165, 1.54) is 6.92 Å². The lowest BCUT2D eigenvalue weighted by Gasteiger charge is -2.29. The van der Waals surface area contributed by atoms with Crippen LogP contribution in [-0.4, -0.2) is 27.7 Å². The number of pyridine rings is 1. The van der Waals surface area contributed by atoms with E-state index in [-0.39, 0.29) is 18.0 Å². The molecule has 1 aliphatic heterocycles. The van der Waals surface area contributed by atoms with E-state index in [0.29, 0.717) is 5.11 Å². The highest BCUT2D eigenvalue weighted by molar-refractivity contribution is 7.80. The van der Waals surface area contributed by atoms with Crippen molar-refractivity contribution in [1.29, 1.82) is 0 Å². The van der Waals surface area contributed by atoms with Crippen LogP contribution in [0.4, 0.5) is 11.4 Å². The lowest BCUT2D eigenvalue weighted by Crippen LogP contribution is -2.30. The summed E-state index contributed by atoms with van der Waals surface area (Å²) in [5, 5.41) is 6.95. The first-order chi connectivity index (χ1) is 17.5. The van der Waals surface area contributed by atoms with Gasteiger partial charge in [0.05, 0.1) is 18.8 Å². The van der Waals surface area contributed by atoms with E-state index >= 15 is 0 Å². The van der Waals surface area contributed by atoms with Gasteiger partial charge in [0.25, 0.3) is 0 Å². The van der Waals surface area contributed by atoms with Crippen LogP contribution in [0.3, 0.4) is 0 Å². The van der Waals surface area contributed by atoms with Crippen molar-refractivity contribution < 1.29 is 9.53 Å². The Morgan fingerprint density at radius 1 is 1.00 bits per heavy atom. The molecule has 5 rings (SSSR count). The van der Waals surface area contributed by atoms with Crippen LogP contribution in [-0.2, 0) is 4.79 Å². The largest absolute Gasteiger partial charge is 0.497 e. The van der Waals surface area contributed by atoms with E-state index in [4.69, 9.17) is 17.0 Å². The molecule has 0 unspecified atom stereocenters. The quantitative estimate of drug-likeness (QED) is 0.351. The zero-order chi connectivity index (χ0) is 25.2. The molecule has 1 aliphatic rings. The molecule has 0 bridgehead atoms. The number of carbonyl (C=O) groups is 1. The van der Waals surface area contributed by atoms with E-state index in [2.05, 4.69) is 56.3 Å². The van der Waals surface area contributed by atoms with Crippen LogP contribution in [0.1, 0.15) is 36.1 Å². The lowest BCUT2D eigenvalue weighted by atomic mass is 10.0. The zero-order valence-corrected chi connectivity index (χ0v) is 21.1. The summed E-state index contributed by atoms with van der Waals surface area (Å²) < 4.78 is 7.61. The Bertz CT molecular complexity index is 1380. The minimum Gasteiger partial charge on any atom is -0.497 e. The summed E-state index contributed by atoms with van der Waals surface area (Å²) in [6.45, 7) is 3.59. The summed E-state index contributed by atoms with van der Waals surface area (Å²) in [5.74, 6) is 0.697. The molecule has 0 aliphatic carbocycles. The Morgan fingerprint density at radius 3 is 2.36 bits per heavy atom. The van der Waals surface area contributed by atoms with Crippen LogP contribution in [0, 0.1) is 6.92 Å². The maximum Gasteiger partial charge on any atom is 0.221 e. The molecule has 2 N–H and O–H groups in total. The van der Waals surface area contributed by atoms with Gasteiger partial charge < -0.3 is 24.8 Å². The normalized spacial score (nSPS) is 17.1. The Balaban J connectivity index is 1.63. The second kappa shape index (κ2) is 9.83. The van der Waals surface area contributed by atoms with Crippen molar-refractivity contribution >= 4 is 34.6 Å². The van der Waals surface area contributed by atoms with Crippen molar-refractivity contribution in [3.63, 3.8) is 0 Å². The van der Waals surface area contributed by atoms with Gasteiger partial charge in [0, 0.05) is 41.6 Å². The molecule has 0 radical (unpaired) electrons. The van der Waals surface area contributed by atoms with Crippen LogP contribution in [0.5, 0.6) is 5.75 Å². The number of hydrogen-bond acceptors (Lipinski definition) is 4. The standard InChI is InChI=1S/C28H27N5O2S/c1-18-7-16-25(32(18)21-12-14-23(35-3)15-13-21)27-26(24-6-4-5-17-29-24)31-28(36)33(27)22-10-8-20(9-11-22)30-19(2)34/h4-17,26-27H,1-3H3,(H,30,34)(H,31,36)/t26-,27+/m1/s1. The smallest absolute Gasteiger partial charge is 0.221 e. The van der Waals surface area contributed by atoms with Gasteiger partial charge in [-0.1, -0.05) is 6.07 Å². The number of carbonyl (C=O) groups excluding carboxylic acids is 1. The molecule has 0 spiro atoms. The highest BCUT2D eigenvalue weighted by atomic mass is 32.1. The summed E-state index contributed by atoms with van der Waals surface area (Å²) in [4.78, 5) is 18.3. The summed E-state index contributed by atoms with van der Waals surface area (Å²) in [6, 6.07) is 25.6. The van der Waals surface area contributed by atoms with Gasteiger partial charge in [-0.25, -0.2) is 0 Å². The number of amides is 1. The fourth-order valence-corrected chi connectivity index (χ4v) is 5.06. The molecule has 2 aromatic carbocycles. The number of aromatic nitrogens is 2. The van der Waals surface area contributed by atoms with Gasteiger partial charge in [-0.15, -0.1) is 0 Å². The third kappa shape index (κ3) is 4.43. The maximum absolute atomic E-state index is 11.5. The van der Waals surface area contributed by atoms with E-state index in [1.807, 2.05) is 54.6 Å². The molecular weight excluding hydrogens is 470 g/mol. The van der Waals surface area contributed by atoms with Crippen molar-refractivity contribution in [2.45, 2.75) is 25.9 Å². The van der Waals surface area contributed by atoms with Gasteiger partial charge in [-0.05, 0) is 91.9 Å². The molecule has 2 aromatic heterocycles. The third-order valence-corrected chi connectivity index (χ3v) is 6.62. The number of benzene rings is 2. The molecule has 8 heteroatoms. The molecule has 3 heterocycles. The molecule has 1 saturated heterocycles. The summed E-state index contributed by atoms with van der Waals surface area (Å²) in [7, 11) is 1.67. The van der Waals surface area contributed by atoms with Crippen molar-refractivity contribution in [3.8, 4) is 11.4 Å². The van der Waals surface area contributed by atoms with Gasteiger partial charge in [0.2, 0.25) is 5.91 Å². The first kappa shape index (κ1) is 23.6. The molecule has 2 atom stereocenters. The van der Waals surface area contributed by atoms with Gasteiger partial charge in [-0.3, -0.25) is 9.78 Å². The van der Waals surface area contributed by atoms with Crippen molar-refractivity contribution in [1.82, 2.24) is 14.9 Å². The van der Waals surface area contributed by atoms with Crippen LogP contribution >= 0.6 is 12.2 Å². The van der Waals surface area contributed by atoms with Gasteiger partial charge in [0.1, 0.15) is 11.8 Å². The number of aryl methyl sites for hydroxylation is 1. The van der Waals surface area contributed by atoms with E-state index in [0.717, 1.165) is 39.9 Å². The molecule has 4 aromatic rings. The molecular formula is C28H27N5O2S. The number of hydrogen-bond donors (Lipinski definition) is 2. The molecule has 7 nitrogen and oxygen atoms in total. The predicted octanol–water partition coefficient (Wildman–Crippen LogP) is 5.32. The summed E-state index contributed by atoms with van der Waals surface area (Å²) >= 11 is 5.87. The fraction of sp³-hybridized carbons (Fsp3) is 0.179. The number of nitrogens with zero attached hydrogens (tertiary/aromatic N) is 3. The molecule has 0 saturated carbocycles. The van der Waals surface area contributed by atoms with Crippen molar-refractivity contribution in [3.05, 3.63) is 102 Å². The average molecular weight is 498 g/mol. The average Bonchev–Trinajstić information content (AvgIpc) is 3.44. The minimum atomic E-state index is -0.171. The minimum absolute atomic E-state index is 0.109. The van der Waals surface area contributed by atoms with Crippen LogP contribution in [0.15, 0.2) is 85.1 Å². The maximum atomic E-state index is 11.5. The lowest BCUT2D eigenvalue weighted by molar-refractivity contribution is -0.114. The second-order valence-corrected chi connectivity index (χ2v) is 9.04. The topological polar surface area (TPSA) is 71.4 Å². The SMILES string of the molecule is COc1ccc(-n2c(C)ccc2[C@H]2[C@@H](c3ccccn3)NC(=S)N2c2ccc(NC(C)=O)cc2)cc1. The predicted molar refractivity (Wildman–Crippen MR) is 146 cm³/mol. The number of nitrogens with one attached hydrogen (secondary N) is 2. The molecule has 1 amide bonds. The Hall–Kier alpha value is -4.17. The van der Waals surface area contributed by atoms with Crippen molar-refractivity contribution in [2.75, 3.05) is 17.3 Å². The Kier molecular flexibility index (Phi) is 6.43. The highest BCUT2D eigenvalue weighted by Crippen LogP contribution is 2.43. The van der Waals surface area contributed by atoms with Crippen LogP contribution in [0.25, 0.3) is 5.69 Å². The third-order valence-electron chi connectivity index (χ3n) is 6.30. The number of thiocarbonyl (C=S) groups is 1. The zero-order valence-electron chi connectivity index (χ0n) is 20.3.